The Morgan fingerprint density at radius 3 is 2.43 bits per heavy atom. The zero-order valence-corrected chi connectivity index (χ0v) is 13.5. The van der Waals surface area contributed by atoms with Crippen LogP contribution in [-0.4, -0.2) is 60.5 Å². The summed E-state index contributed by atoms with van der Waals surface area (Å²) in [4.78, 5) is 28.2. The number of urea groups is 1. The van der Waals surface area contributed by atoms with Crippen LogP contribution in [0.3, 0.4) is 0 Å². The van der Waals surface area contributed by atoms with Crippen LogP contribution < -0.4 is 11.1 Å². The number of likely N-dealkylation sites (tertiary alicyclic amines) is 2. The Kier molecular flexibility index (Phi) is 7.25. The fourth-order valence-electron chi connectivity index (χ4n) is 2.89. The maximum absolute atomic E-state index is 12.3. The predicted octanol–water partition coefficient (Wildman–Crippen LogP) is 0.799. The predicted molar refractivity (Wildman–Crippen MR) is 84.4 cm³/mol. The molecule has 3 amide bonds. The summed E-state index contributed by atoms with van der Waals surface area (Å²) in [6.45, 7) is 5.36. The fourth-order valence-corrected chi connectivity index (χ4v) is 2.89. The van der Waals surface area contributed by atoms with Crippen molar-refractivity contribution in [1.82, 2.24) is 15.1 Å². The molecule has 0 bridgehead atoms. The Morgan fingerprint density at radius 2 is 1.81 bits per heavy atom. The Morgan fingerprint density at radius 1 is 1.19 bits per heavy atom. The first-order valence-corrected chi connectivity index (χ1v) is 7.66. The van der Waals surface area contributed by atoms with Crippen LogP contribution in [0.25, 0.3) is 0 Å². The Labute approximate surface area is 132 Å². The van der Waals surface area contributed by atoms with Gasteiger partial charge in [-0.1, -0.05) is 0 Å². The van der Waals surface area contributed by atoms with E-state index < -0.39 is 0 Å². The number of nitrogens with one attached hydrogen (secondary N) is 1. The number of carbonyl (C=O) groups is 2. The fraction of sp³-hybridized carbons (Fsp3) is 0.857. The number of hydrogen-bond acceptors (Lipinski definition) is 3. The highest BCUT2D eigenvalue weighted by Gasteiger charge is 2.31. The Bertz CT molecular complexity index is 361. The molecule has 2 aliphatic rings. The van der Waals surface area contributed by atoms with E-state index in [9.17, 15) is 9.59 Å². The van der Waals surface area contributed by atoms with Crippen LogP contribution in [0.1, 0.15) is 32.6 Å². The lowest BCUT2D eigenvalue weighted by Crippen LogP contribution is -2.51. The number of nitrogens with two attached hydrogens (primary N) is 1. The number of amides is 3. The van der Waals surface area contributed by atoms with E-state index in [0.29, 0.717) is 13.1 Å². The standard InChI is InChI=1S/C14H26N4O2.ClH/c1-11(9-15)16-13(19)12-5-4-8-18(10-12)14(20)17-6-2-3-7-17;/h11-12H,2-10,15H2,1H3,(H,16,19);1H/t11-,12?;/m0./s1. The van der Waals surface area contributed by atoms with Gasteiger partial charge in [0.15, 0.2) is 0 Å². The van der Waals surface area contributed by atoms with Gasteiger partial charge in [-0.25, -0.2) is 4.79 Å². The molecule has 2 heterocycles. The second-order valence-electron chi connectivity index (χ2n) is 5.91. The van der Waals surface area contributed by atoms with Crippen LogP contribution in [0.2, 0.25) is 0 Å². The molecule has 6 nitrogen and oxygen atoms in total. The summed E-state index contributed by atoms with van der Waals surface area (Å²) < 4.78 is 0. The number of halogens is 1. The lowest BCUT2D eigenvalue weighted by molar-refractivity contribution is -0.126. The third-order valence-electron chi connectivity index (χ3n) is 4.18. The van der Waals surface area contributed by atoms with Gasteiger partial charge in [-0.2, -0.15) is 0 Å². The first-order chi connectivity index (χ1) is 9.61. The van der Waals surface area contributed by atoms with Gasteiger partial charge in [0, 0.05) is 38.8 Å². The van der Waals surface area contributed by atoms with E-state index in [0.717, 1.165) is 45.3 Å². The first-order valence-electron chi connectivity index (χ1n) is 7.66. The topological polar surface area (TPSA) is 78.7 Å². The number of nitrogens with zero attached hydrogens (tertiary/aromatic N) is 2. The third kappa shape index (κ3) is 4.74. The smallest absolute Gasteiger partial charge is 0.320 e. The van der Waals surface area contributed by atoms with Gasteiger partial charge in [-0.3, -0.25) is 4.79 Å². The molecule has 0 saturated carbocycles. The number of rotatable bonds is 3. The molecule has 0 spiro atoms. The van der Waals surface area contributed by atoms with Crippen LogP contribution in [0, 0.1) is 5.92 Å². The third-order valence-corrected chi connectivity index (χ3v) is 4.18. The van der Waals surface area contributed by atoms with Crippen molar-refractivity contribution < 1.29 is 9.59 Å². The van der Waals surface area contributed by atoms with Crippen molar-refractivity contribution in [3.8, 4) is 0 Å². The molecule has 0 radical (unpaired) electrons. The van der Waals surface area contributed by atoms with Gasteiger partial charge in [0.2, 0.25) is 5.91 Å². The molecular weight excluding hydrogens is 292 g/mol. The summed E-state index contributed by atoms with van der Waals surface area (Å²) >= 11 is 0. The Hall–Kier alpha value is -1.01. The molecule has 122 valence electrons. The highest BCUT2D eigenvalue weighted by Crippen LogP contribution is 2.20. The first kappa shape index (κ1) is 18.0. The number of piperidine rings is 1. The summed E-state index contributed by atoms with van der Waals surface area (Å²) in [6.07, 6.45) is 3.94. The second kappa shape index (κ2) is 8.44. The minimum atomic E-state index is -0.0932. The SMILES string of the molecule is C[C@@H](CN)NC(=O)C1CCCN(C(=O)N2CCCC2)C1.Cl. The highest BCUT2D eigenvalue weighted by molar-refractivity contribution is 5.85. The van der Waals surface area contributed by atoms with Gasteiger partial charge in [-0.15, -0.1) is 12.4 Å². The molecule has 2 rings (SSSR count). The van der Waals surface area contributed by atoms with Crippen molar-refractivity contribution in [1.29, 1.82) is 0 Å². The van der Waals surface area contributed by atoms with E-state index in [1.54, 1.807) is 0 Å². The van der Waals surface area contributed by atoms with Crippen LogP contribution in [0.15, 0.2) is 0 Å². The molecule has 21 heavy (non-hydrogen) atoms. The molecule has 1 unspecified atom stereocenters. The second-order valence-corrected chi connectivity index (χ2v) is 5.91. The maximum Gasteiger partial charge on any atom is 0.320 e. The van der Waals surface area contributed by atoms with Gasteiger partial charge in [-0.05, 0) is 32.6 Å². The van der Waals surface area contributed by atoms with Crippen LogP contribution in [0.5, 0.6) is 0 Å². The van der Waals surface area contributed by atoms with Crippen molar-refractivity contribution in [2.75, 3.05) is 32.7 Å². The summed E-state index contributed by atoms with van der Waals surface area (Å²) in [7, 11) is 0. The van der Waals surface area contributed by atoms with Gasteiger partial charge < -0.3 is 20.9 Å². The number of carbonyl (C=O) groups excluding carboxylic acids is 2. The molecule has 0 aliphatic carbocycles. The molecule has 0 aromatic carbocycles. The molecule has 0 aromatic rings. The van der Waals surface area contributed by atoms with Gasteiger partial charge in [0.05, 0.1) is 5.92 Å². The molecule has 2 saturated heterocycles. The average Bonchev–Trinajstić information content (AvgIpc) is 3.00. The maximum atomic E-state index is 12.3. The zero-order chi connectivity index (χ0) is 14.5. The van der Waals surface area contributed by atoms with Crippen molar-refractivity contribution in [3.05, 3.63) is 0 Å². The van der Waals surface area contributed by atoms with E-state index in [4.69, 9.17) is 5.73 Å². The summed E-state index contributed by atoms with van der Waals surface area (Å²) in [5.74, 6) is -0.0637. The molecule has 2 aliphatic heterocycles. The molecule has 0 aromatic heterocycles. The molecule has 2 atom stereocenters. The molecule has 7 heteroatoms. The van der Waals surface area contributed by atoms with Crippen molar-refractivity contribution >= 4 is 24.3 Å². The van der Waals surface area contributed by atoms with Crippen LogP contribution >= 0.6 is 12.4 Å². The van der Waals surface area contributed by atoms with Crippen molar-refractivity contribution in [3.63, 3.8) is 0 Å². The lowest BCUT2D eigenvalue weighted by atomic mass is 9.97. The van der Waals surface area contributed by atoms with Gasteiger partial charge >= 0.3 is 6.03 Å². The lowest BCUT2D eigenvalue weighted by Gasteiger charge is -2.35. The minimum Gasteiger partial charge on any atom is -0.352 e. The van der Waals surface area contributed by atoms with E-state index in [1.807, 2.05) is 16.7 Å². The van der Waals surface area contributed by atoms with Crippen LogP contribution in [0.4, 0.5) is 4.79 Å². The van der Waals surface area contributed by atoms with Gasteiger partial charge in [0.25, 0.3) is 0 Å². The zero-order valence-electron chi connectivity index (χ0n) is 12.7. The quantitative estimate of drug-likeness (QED) is 0.808. The van der Waals surface area contributed by atoms with E-state index in [2.05, 4.69) is 5.32 Å². The molecule has 3 N–H and O–H groups in total. The van der Waals surface area contributed by atoms with Crippen LogP contribution in [-0.2, 0) is 4.79 Å². The summed E-state index contributed by atoms with van der Waals surface area (Å²) in [5.41, 5.74) is 5.52. The average molecular weight is 319 g/mol. The summed E-state index contributed by atoms with van der Waals surface area (Å²) in [6, 6.07) is 0.0963. The van der Waals surface area contributed by atoms with Crippen molar-refractivity contribution in [2.45, 2.75) is 38.6 Å². The molecular formula is C14H27ClN4O2. The van der Waals surface area contributed by atoms with E-state index >= 15 is 0 Å². The number of hydrogen-bond donors (Lipinski definition) is 2. The van der Waals surface area contributed by atoms with E-state index in [1.165, 1.54) is 0 Å². The Balaban J connectivity index is 0.00000220. The van der Waals surface area contributed by atoms with Crippen molar-refractivity contribution in [2.24, 2.45) is 11.7 Å². The summed E-state index contributed by atoms with van der Waals surface area (Å²) in [5, 5.41) is 2.91. The highest BCUT2D eigenvalue weighted by atomic mass is 35.5. The molecule has 2 fully saturated rings. The van der Waals surface area contributed by atoms with E-state index in [-0.39, 0.29) is 36.3 Å². The minimum absolute atomic E-state index is 0. The monoisotopic (exact) mass is 318 g/mol. The normalized spacial score (nSPS) is 23.4. The largest absolute Gasteiger partial charge is 0.352 e. The van der Waals surface area contributed by atoms with Gasteiger partial charge in [0.1, 0.15) is 0 Å².